The number of fused-ring (bicyclic) bond motifs is 1. The lowest BCUT2D eigenvalue weighted by molar-refractivity contribution is -0.140. The van der Waals surface area contributed by atoms with Crippen LogP contribution in [0.4, 0.5) is 0 Å². The molecule has 0 bridgehead atoms. The number of halogens is 1. The predicted molar refractivity (Wildman–Crippen MR) is 99.0 cm³/mol. The fourth-order valence-electron chi connectivity index (χ4n) is 2.35. The first kappa shape index (κ1) is 16.9. The minimum Gasteiger partial charge on any atom is -0.480 e. The van der Waals surface area contributed by atoms with Gasteiger partial charge in [0.1, 0.15) is 16.0 Å². The lowest BCUT2D eigenvalue weighted by atomic mass is 10.1. The molecule has 5 nitrogen and oxygen atoms in total. The second-order valence-corrected chi connectivity index (χ2v) is 7.21. The van der Waals surface area contributed by atoms with Gasteiger partial charge in [-0.15, -0.1) is 0 Å². The second-order valence-electron chi connectivity index (χ2n) is 5.18. The molecule has 0 atom stereocenters. The van der Waals surface area contributed by atoms with E-state index >= 15 is 0 Å². The van der Waals surface area contributed by atoms with Crippen molar-refractivity contribution in [2.75, 3.05) is 6.54 Å². The summed E-state index contributed by atoms with van der Waals surface area (Å²) >= 11 is 12.4. The molecule has 1 fully saturated rings. The molecule has 3 rings (SSSR count). The average Bonchev–Trinajstić information content (AvgIpc) is 2.76. The smallest absolute Gasteiger partial charge is 0.323 e. The van der Waals surface area contributed by atoms with E-state index in [9.17, 15) is 9.59 Å². The van der Waals surface area contributed by atoms with Gasteiger partial charge in [0.2, 0.25) is 0 Å². The van der Waals surface area contributed by atoms with Crippen molar-refractivity contribution in [3.05, 3.63) is 45.5 Å². The molecule has 1 saturated heterocycles. The molecule has 1 aromatic carbocycles. The van der Waals surface area contributed by atoms with Crippen LogP contribution in [0, 0.1) is 6.92 Å². The summed E-state index contributed by atoms with van der Waals surface area (Å²) in [6.45, 7) is 1.49. The molecule has 1 amide bonds. The van der Waals surface area contributed by atoms with E-state index in [1.165, 1.54) is 0 Å². The lowest BCUT2D eigenvalue weighted by Crippen LogP contribution is -2.33. The van der Waals surface area contributed by atoms with Crippen molar-refractivity contribution in [1.82, 2.24) is 9.88 Å². The number of nitrogens with zero attached hydrogens (tertiary/aromatic N) is 2. The molecular weight excluding hydrogens is 368 g/mol. The van der Waals surface area contributed by atoms with Crippen LogP contribution in [0.3, 0.4) is 0 Å². The molecule has 1 N–H and O–H groups in total. The molecule has 2 aromatic rings. The van der Waals surface area contributed by atoms with Crippen molar-refractivity contribution in [1.29, 1.82) is 0 Å². The van der Waals surface area contributed by atoms with Gasteiger partial charge in [-0.3, -0.25) is 14.5 Å². The largest absolute Gasteiger partial charge is 0.480 e. The number of hydrogen-bond donors (Lipinski definition) is 1. The van der Waals surface area contributed by atoms with Crippen LogP contribution in [0.5, 0.6) is 0 Å². The summed E-state index contributed by atoms with van der Waals surface area (Å²) in [6.07, 6.45) is 1.60. The van der Waals surface area contributed by atoms with Crippen molar-refractivity contribution in [3.8, 4) is 0 Å². The van der Waals surface area contributed by atoms with Gasteiger partial charge in [0.05, 0.1) is 10.4 Å². The van der Waals surface area contributed by atoms with Gasteiger partial charge in [-0.2, -0.15) is 0 Å². The lowest BCUT2D eigenvalue weighted by Gasteiger charge is -2.10. The molecule has 8 heteroatoms. The number of para-hydroxylation sites is 1. The fraction of sp³-hybridized carbons (Fsp3) is 0.125. The molecule has 2 heterocycles. The normalized spacial score (nSPS) is 16.4. The topological polar surface area (TPSA) is 70.5 Å². The first-order valence-corrected chi connectivity index (χ1v) is 8.50. The molecule has 122 valence electrons. The molecule has 1 aromatic heterocycles. The van der Waals surface area contributed by atoms with E-state index in [1.807, 2.05) is 31.2 Å². The van der Waals surface area contributed by atoms with Crippen molar-refractivity contribution < 1.29 is 14.7 Å². The van der Waals surface area contributed by atoms with Gasteiger partial charge >= 0.3 is 5.97 Å². The molecule has 0 radical (unpaired) electrons. The monoisotopic (exact) mass is 378 g/mol. The summed E-state index contributed by atoms with van der Waals surface area (Å²) in [6, 6.07) is 7.63. The number of hydrogen-bond acceptors (Lipinski definition) is 5. The molecule has 1 aliphatic heterocycles. The number of pyridine rings is 1. The molecule has 24 heavy (non-hydrogen) atoms. The summed E-state index contributed by atoms with van der Waals surface area (Å²) < 4.78 is 0.217. The number of aliphatic carboxylic acids is 1. The van der Waals surface area contributed by atoms with Gasteiger partial charge in [-0.05, 0) is 24.6 Å². The number of carbonyl (C=O) groups excluding carboxylic acids is 1. The number of aryl methyl sites for hydroxylation is 1. The summed E-state index contributed by atoms with van der Waals surface area (Å²) in [5, 5.41) is 10.0. The first-order valence-electron chi connectivity index (χ1n) is 6.90. The van der Waals surface area contributed by atoms with Crippen LogP contribution in [0.25, 0.3) is 17.0 Å². The second kappa shape index (κ2) is 6.51. The van der Waals surface area contributed by atoms with Crippen LogP contribution >= 0.6 is 35.6 Å². The van der Waals surface area contributed by atoms with Crippen LogP contribution in [-0.2, 0) is 9.59 Å². The van der Waals surface area contributed by atoms with E-state index in [2.05, 4.69) is 4.98 Å². The maximum Gasteiger partial charge on any atom is 0.323 e. The van der Waals surface area contributed by atoms with Crippen LogP contribution in [-0.4, -0.2) is 37.7 Å². The summed E-state index contributed by atoms with van der Waals surface area (Å²) in [5.41, 5.74) is 2.40. The van der Waals surface area contributed by atoms with E-state index in [4.69, 9.17) is 28.9 Å². The molecule has 0 unspecified atom stereocenters. The van der Waals surface area contributed by atoms with Gasteiger partial charge in [0.15, 0.2) is 0 Å². The summed E-state index contributed by atoms with van der Waals surface area (Å²) in [7, 11) is 0. The number of thioether (sulfide) groups is 1. The van der Waals surface area contributed by atoms with Crippen LogP contribution in [0.2, 0.25) is 5.15 Å². The number of thiocarbonyl (C=S) groups is 1. The molecular formula is C16H11ClN2O3S2. The Morgan fingerprint density at radius 2 is 2.25 bits per heavy atom. The number of amides is 1. The Bertz CT molecular complexity index is 927. The zero-order valence-electron chi connectivity index (χ0n) is 12.4. The molecule has 1 aliphatic rings. The third-order valence-corrected chi connectivity index (χ3v) is 5.16. The zero-order valence-corrected chi connectivity index (χ0v) is 14.8. The SMILES string of the molecule is Cc1cccc2cc(C=C3SC(=S)N(CC(=O)O)C3=O)c(Cl)nc12. The Morgan fingerprint density at radius 1 is 1.50 bits per heavy atom. The number of carboxylic acid groups (broad SMARTS) is 1. The summed E-state index contributed by atoms with van der Waals surface area (Å²) in [4.78, 5) is 28.9. The Morgan fingerprint density at radius 3 is 2.96 bits per heavy atom. The van der Waals surface area contributed by atoms with E-state index in [0.29, 0.717) is 10.5 Å². The Hall–Kier alpha value is -1.96. The van der Waals surface area contributed by atoms with E-state index in [1.54, 1.807) is 6.08 Å². The molecule has 0 aliphatic carbocycles. The standard InChI is InChI=1S/C16H11ClN2O3S2/c1-8-3-2-4-9-5-10(14(17)18-13(8)9)6-11-15(22)19(7-12(20)21)16(23)24-11/h2-6H,7H2,1H3,(H,20,21). The quantitative estimate of drug-likeness (QED) is 0.501. The minimum absolute atomic E-state index is 0.217. The zero-order chi connectivity index (χ0) is 17.4. The van der Waals surface area contributed by atoms with E-state index in [0.717, 1.165) is 33.1 Å². The van der Waals surface area contributed by atoms with Gasteiger partial charge in [-0.1, -0.05) is 53.8 Å². The maximum absolute atomic E-state index is 12.3. The van der Waals surface area contributed by atoms with Gasteiger partial charge in [0, 0.05) is 10.9 Å². The highest BCUT2D eigenvalue weighted by atomic mass is 35.5. The number of rotatable bonds is 3. The number of carbonyl (C=O) groups is 2. The highest BCUT2D eigenvalue weighted by Crippen LogP contribution is 2.34. The van der Waals surface area contributed by atoms with Crippen molar-refractivity contribution >= 4 is 68.8 Å². The average molecular weight is 379 g/mol. The Labute approximate surface area is 152 Å². The fourth-order valence-corrected chi connectivity index (χ4v) is 3.79. The van der Waals surface area contributed by atoms with Crippen LogP contribution in [0.1, 0.15) is 11.1 Å². The van der Waals surface area contributed by atoms with Crippen molar-refractivity contribution in [3.63, 3.8) is 0 Å². The predicted octanol–water partition coefficient (Wildman–Crippen LogP) is 3.48. The number of aromatic nitrogens is 1. The number of carboxylic acids is 1. The van der Waals surface area contributed by atoms with Gasteiger partial charge in [-0.25, -0.2) is 4.98 Å². The van der Waals surface area contributed by atoms with Crippen molar-refractivity contribution in [2.24, 2.45) is 0 Å². The van der Waals surface area contributed by atoms with Crippen LogP contribution in [0.15, 0.2) is 29.2 Å². The van der Waals surface area contributed by atoms with Gasteiger partial charge in [0.25, 0.3) is 5.91 Å². The van der Waals surface area contributed by atoms with Crippen LogP contribution < -0.4 is 0 Å². The van der Waals surface area contributed by atoms with E-state index < -0.39 is 18.4 Å². The highest BCUT2D eigenvalue weighted by molar-refractivity contribution is 8.26. The van der Waals surface area contributed by atoms with E-state index in [-0.39, 0.29) is 9.47 Å². The Balaban J connectivity index is 2.01. The first-order chi connectivity index (χ1) is 11.4. The summed E-state index contributed by atoms with van der Waals surface area (Å²) in [5.74, 6) is -1.55. The molecule has 0 saturated carbocycles. The molecule has 0 spiro atoms. The minimum atomic E-state index is -1.12. The van der Waals surface area contributed by atoms with Gasteiger partial charge < -0.3 is 5.11 Å². The third-order valence-electron chi connectivity index (χ3n) is 3.48. The maximum atomic E-state index is 12.3. The van der Waals surface area contributed by atoms with Crippen molar-refractivity contribution in [2.45, 2.75) is 6.92 Å². The highest BCUT2D eigenvalue weighted by Gasteiger charge is 2.33. The Kier molecular flexibility index (Phi) is 4.58. The number of benzene rings is 1. The third kappa shape index (κ3) is 3.15.